The van der Waals surface area contributed by atoms with Gasteiger partial charge in [0.05, 0.1) is 16.3 Å². The number of carbonyl (C=O) groups excluding carboxylic acids is 2. The molecule has 0 atom stereocenters. The molecule has 7 heteroatoms. The fraction of sp³-hybridized carbons (Fsp3) is 0.238. The van der Waals surface area contributed by atoms with Crippen molar-refractivity contribution >= 4 is 46.3 Å². The summed E-state index contributed by atoms with van der Waals surface area (Å²) in [6.07, 6.45) is 2.95. The Bertz CT molecular complexity index is 1000. The molecule has 0 aliphatic carbocycles. The van der Waals surface area contributed by atoms with E-state index in [2.05, 4.69) is 0 Å². The molecule has 2 aromatic rings. The molecule has 4 rings (SSSR count). The zero-order chi connectivity index (χ0) is 19.8. The fourth-order valence-electron chi connectivity index (χ4n) is 3.71. The summed E-state index contributed by atoms with van der Waals surface area (Å²) in [5, 5.41) is 0.729. The summed E-state index contributed by atoms with van der Waals surface area (Å²) < 4.78 is 13.7. The van der Waals surface area contributed by atoms with Crippen LogP contribution in [0.3, 0.4) is 0 Å². The number of halogens is 3. The van der Waals surface area contributed by atoms with Gasteiger partial charge in [-0.3, -0.25) is 9.59 Å². The minimum absolute atomic E-state index is 0.199. The molecule has 2 heterocycles. The van der Waals surface area contributed by atoms with E-state index in [0.717, 1.165) is 24.2 Å². The molecule has 144 valence electrons. The first-order valence-electron chi connectivity index (χ1n) is 9.06. The number of rotatable bonds is 3. The molecule has 0 aromatic heterocycles. The van der Waals surface area contributed by atoms with E-state index in [1.807, 2.05) is 4.90 Å². The van der Waals surface area contributed by atoms with Crippen molar-refractivity contribution in [3.63, 3.8) is 0 Å². The Morgan fingerprint density at radius 1 is 0.893 bits per heavy atom. The predicted molar refractivity (Wildman–Crippen MR) is 108 cm³/mol. The Balaban J connectivity index is 1.87. The van der Waals surface area contributed by atoms with Crippen LogP contribution >= 0.6 is 23.2 Å². The highest BCUT2D eigenvalue weighted by Gasteiger charge is 2.43. The molecule has 2 aliphatic rings. The Kier molecular flexibility index (Phi) is 5.13. The largest absolute Gasteiger partial charge is 0.366 e. The lowest BCUT2D eigenvalue weighted by molar-refractivity contribution is -0.120. The van der Waals surface area contributed by atoms with Gasteiger partial charge in [0, 0.05) is 23.7 Å². The lowest BCUT2D eigenvalue weighted by atomic mass is 10.0. The molecule has 0 N–H and O–H groups in total. The van der Waals surface area contributed by atoms with E-state index in [1.54, 1.807) is 24.3 Å². The lowest BCUT2D eigenvalue weighted by Gasteiger charge is -2.29. The summed E-state index contributed by atoms with van der Waals surface area (Å²) in [6.45, 7) is 1.36. The second-order valence-corrected chi connectivity index (χ2v) is 7.66. The zero-order valence-corrected chi connectivity index (χ0v) is 16.4. The van der Waals surface area contributed by atoms with Crippen molar-refractivity contribution in [3.8, 4) is 0 Å². The molecule has 0 spiro atoms. The standard InChI is InChI=1S/C21H17Cl2FN2O2/c22-13-7-8-16(17(23)11-13)18-19(25-9-2-1-3-10-25)21(28)26(20(18)27)15-6-4-5-14(24)12-15/h4-8,11-12H,1-3,9-10H2. The monoisotopic (exact) mass is 418 g/mol. The van der Waals surface area contributed by atoms with Crippen LogP contribution in [-0.2, 0) is 9.59 Å². The van der Waals surface area contributed by atoms with E-state index in [1.165, 1.54) is 18.2 Å². The summed E-state index contributed by atoms with van der Waals surface area (Å²) in [5.74, 6) is -1.49. The molecule has 1 fully saturated rings. The minimum atomic E-state index is -0.518. The molecular weight excluding hydrogens is 402 g/mol. The highest BCUT2D eigenvalue weighted by molar-refractivity contribution is 6.47. The number of piperidine rings is 1. The van der Waals surface area contributed by atoms with E-state index in [4.69, 9.17) is 23.2 Å². The number of carbonyl (C=O) groups is 2. The highest BCUT2D eigenvalue weighted by atomic mass is 35.5. The molecule has 4 nitrogen and oxygen atoms in total. The van der Waals surface area contributed by atoms with Gasteiger partial charge in [-0.25, -0.2) is 9.29 Å². The van der Waals surface area contributed by atoms with Crippen LogP contribution in [0.4, 0.5) is 10.1 Å². The van der Waals surface area contributed by atoms with E-state index in [0.29, 0.717) is 34.4 Å². The maximum Gasteiger partial charge on any atom is 0.282 e. The SMILES string of the molecule is O=C1C(c2ccc(Cl)cc2Cl)=C(N2CCCCC2)C(=O)N1c1cccc(F)c1. The van der Waals surface area contributed by atoms with E-state index in [9.17, 15) is 14.0 Å². The molecule has 0 bridgehead atoms. The second kappa shape index (κ2) is 7.57. The molecule has 2 aromatic carbocycles. The maximum atomic E-state index is 13.7. The fourth-order valence-corrected chi connectivity index (χ4v) is 4.22. The van der Waals surface area contributed by atoms with Gasteiger partial charge >= 0.3 is 0 Å². The highest BCUT2D eigenvalue weighted by Crippen LogP contribution is 2.39. The molecule has 0 saturated carbocycles. The van der Waals surface area contributed by atoms with Crippen molar-refractivity contribution < 1.29 is 14.0 Å². The van der Waals surface area contributed by atoms with Crippen LogP contribution in [0.25, 0.3) is 5.57 Å². The smallest absolute Gasteiger partial charge is 0.282 e. The maximum absolute atomic E-state index is 13.7. The topological polar surface area (TPSA) is 40.6 Å². The third-order valence-corrected chi connectivity index (χ3v) is 5.55. The second-order valence-electron chi connectivity index (χ2n) is 6.82. The first-order chi connectivity index (χ1) is 13.5. The molecule has 2 aliphatic heterocycles. The van der Waals surface area contributed by atoms with Crippen molar-refractivity contribution in [3.05, 3.63) is 69.6 Å². The summed E-state index contributed by atoms with van der Waals surface area (Å²) in [7, 11) is 0. The minimum Gasteiger partial charge on any atom is -0.366 e. The first kappa shape index (κ1) is 19.0. The number of amides is 2. The van der Waals surface area contributed by atoms with E-state index in [-0.39, 0.29) is 11.3 Å². The van der Waals surface area contributed by atoms with Gasteiger partial charge in [-0.15, -0.1) is 0 Å². The van der Waals surface area contributed by atoms with Gasteiger partial charge in [0.25, 0.3) is 11.8 Å². The summed E-state index contributed by atoms with van der Waals surface area (Å²) >= 11 is 12.4. The normalized spacial score (nSPS) is 17.7. The van der Waals surface area contributed by atoms with Gasteiger partial charge in [0.15, 0.2) is 0 Å². The average molecular weight is 419 g/mol. The van der Waals surface area contributed by atoms with E-state index >= 15 is 0 Å². The van der Waals surface area contributed by atoms with Gasteiger partial charge in [-0.2, -0.15) is 0 Å². The Hall–Kier alpha value is -2.37. The third kappa shape index (κ3) is 3.29. The van der Waals surface area contributed by atoms with Gasteiger partial charge in [-0.05, 0) is 49.6 Å². The van der Waals surface area contributed by atoms with Crippen molar-refractivity contribution in [2.24, 2.45) is 0 Å². The van der Waals surface area contributed by atoms with Crippen molar-refractivity contribution in [2.75, 3.05) is 18.0 Å². The van der Waals surface area contributed by atoms with Gasteiger partial charge < -0.3 is 4.90 Å². The number of imide groups is 1. The Labute approximate surface area is 172 Å². The van der Waals surface area contributed by atoms with Crippen LogP contribution in [0.5, 0.6) is 0 Å². The van der Waals surface area contributed by atoms with Crippen LogP contribution < -0.4 is 4.90 Å². The molecule has 28 heavy (non-hydrogen) atoms. The van der Waals surface area contributed by atoms with Gasteiger partial charge in [0.2, 0.25) is 0 Å². The summed E-state index contributed by atoms with van der Waals surface area (Å²) in [5.41, 5.74) is 1.20. The van der Waals surface area contributed by atoms with Crippen LogP contribution in [0, 0.1) is 5.82 Å². The van der Waals surface area contributed by atoms with Crippen molar-refractivity contribution in [2.45, 2.75) is 19.3 Å². The third-order valence-electron chi connectivity index (χ3n) is 5.00. The van der Waals surface area contributed by atoms with Crippen molar-refractivity contribution in [1.29, 1.82) is 0 Å². The number of nitrogens with zero attached hydrogens (tertiary/aromatic N) is 2. The molecule has 1 saturated heterocycles. The predicted octanol–water partition coefficient (Wildman–Crippen LogP) is 4.90. The Morgan fingerprint density at radius 3 is 2.32 bits per heavy atom. The lowest BCUT2D eigenvalue weighted by Crippen LogP contribution is -2.37. The Morgan fingerprint density at radius 2 is 1.64 bits per heavy atom. The average Bonchev–Trinajstić information content (AvgIpc) is 2.93. The summed E-state index contributed by atoms with van der Waals surface area (Å²) in [4.78, 5) is 29.6. The molecule has 0 radical (unpaired) electrons. The first-order valence-corrected chi connectivity index (χ1v) is 9.82. The summed E-state index contributed by atoms with van der Waals surface area (Å²) in [6, 6.07) is 10.3. The number of hydrogen-bond acceptors (Lipinski definition) is 3. The number of benzene rings is 2. The molecular formula is C21H17Cl2FN2O2. The van der Waals surface area contributed by atoms with Gasteiger partial charge in [0.1, 0.15) is 11.5 Å². The number of likely N-dealkylation sites (tertiary alicyclic amines) is 1. The van der Waals surface area contributed by atoms with Crippen LogP contribution in [0.2, 0.25) is 10.0 Å². The van der Waals surface area contributed by atoms with Gasteiger partial charge in [-0.1, -0.05) is 35.3 Å². The van der Waals surface area contributed by atoms with Crippen molar-refractivity contribution in [1.82, 2.24) is 4.90 Å². The van der Waals surface area contributed by atoms with Crippen LogP contribution in [-0.4, -0.2) is 29.8 Å². The zero-order valence-electron chi connectivity index (χ0n) is 14.9. The molecule has 0 unspecified atom stereocenters. The van der Waals surface area contributed by atoms with E-state index < -0.39 is 17.6 Å². The number of hydrogen-bond donors (Lipinski definition) is 0. The quantitative estimate of drug-likeness (QED) is 0.665. The number of anilines is 1. The van der Waals surface area contributed by atoms with Crippen LogP contribution in [0.1, 0.15) is 24.8 Å². The molecule has 2 amide bonds. The van der Waals surface area contributed by atoms with Crippen LogP contribution in [0.15, 0.2) is 48.2 Å².